The molecule has 3 nitrogen and oxygen atoms in total. The van der Waals surface area contributed by atoms with Crippen LogP contribution in [0.5, 0.6) is 5.75 Å². The number of rotatable bonds is 5. The van der Waals surface area contributed by atoms with Crippen LogP contribution < -0.4 is 4.74 Å². The lowest BCUT2D eigenvalue weighted by Gasteiger charge is -2.12. The third kappa shape index (κ3) is 17.3. The van der Waals surface area contributed by atoms with E-state index in [0.717, 1.165) is 24.9 Å². The molecule has 0 aliphatic heterocycles. The second kappa shape index (κ2) is 17.6. The first-order valence-electron chi connectivity index (χ1n) is 10.5. The van der Waals surface area contributed by atoms with Crippen molar-refractivity contribution in [3.8, 4) is 5.75 Å². The summed E-state index contributed by atoms with van der Waals surface area (Å²) in [7, 11) is 7.44. The van der Waals surface area contributed by atoms with Crippen molar-refractivity contribution in [3.05, 3.63) is 64.7 Å². The molecule has 178 valence electrons. The molecule has 0 aliphatic rings. The number of hydrogen-bond donors (Lipinski definition) is 0. The standard InChI is InChI=1S/C11H17N.C10H11F3O.C2H6O.C2H6/c1-9-5-6-11(8-12(3)4)10(2)7-9;1-2-3-8-4-6-9(7-5-8)14-10(11,12)13;1-3-2;1-2/h5-7H,8H2,1-4H3;4-7H,2-3H2,1H3;1-2H3;1-2H3. The summed E-state index contributed by atoms with van der Waals surface area (Å²) in [5, 5.41) is 0. The van der Waals surface area contributed by atoms with Gasteiger partial charge < -0.3 is 14.4 Å². The van der Waals surface area contributed by atoms with E-state index in [1.807, 2.05) is 20.8 Å². The number of halogens is 3. The molecule has 0 heterocycles. The van der Waals surface area contributed by atoms with Crippen molar-refractivity contribution in [1.29, 1.82) is 0 Å². The fourth-order valence-corrected chi connectivity index (χ4v) is 2.51. The average Bonchev–Trinajstić information content (AvgIpc) is 2.67. The van der Waals surface area contributed by atoms with E-state index in [1.54, 1.807) is 26.4 Å². The zero-order chi connectivity index (χ0) is 24.4. The highest BCUT2D eigenvalue weighted by Crippen LogP contribution is 2.22. The molecule has 0 atom stereocenters. The first-order valence-corrected chi connectivity index (χ1v) is 10.5. The quantitative estimate of drug-likeness (QED) is 0.488. The number of methoxy groups -OCH3 is 1. The number of hydrogen-bond acceptors (Lipinski definition) is 3. The lowest BCUT2D eigenvalue weighted by atomic mass is 10.1. The van der Waals surface area contributed by atoms with Crippen molar-refractivity contribution in [2.45, 2.75) is 60.4 Å². The van der Waals surface area contributed by atoms with Gasteiger partial charge in [0, 0.05) is 20.8 Å². The van der Waals surface area contributed by atoms with Crippen LogP contribution in [0.3, 0.4) is 0 Å². The zero-order valence-electron chi connectivity index (χ0n) is 20.6. The van der Waals surface area contributed by atoms with Crippen LogP contribution in [0.15, 0.2) is 42.5 Å². The summed E-state index contributed by atoms with van der Waals surface area (Å²) in [6.45, 7) is 11.4. The lowest BCUT2D eigenvalue weighted by molar-refractivity contribution is -0.274. The first-order chi connectivity index (χ1) is 14.5. The van der Waals surface area contributed by atoms with Crippen LogP contribution in [0.25, 0.3) is 0 Å². The number of aryl methyl sites for hydroxylation is 3. The van der Waals surface area contributed by atoms with Crippen LogP contribution in [0, 0.1) is 13.8 Å². The predicted molar refractivity (Wildman–Crippen MR) is 125 cm³/mol. The van der Waals surface area contributed by atoms with Crippen LogP contribution in [0.1, 0.15) is 49.4 Å². The SMILES string of the molecule is CC.CCCc1ccc(OC(F)(F)F)cc1.COC.Cc1ccc(CN(C)C)c(C)c1. The Morgan fingerprint density at radius 1 is 0.903 bits per heavy atom. The summed E-state index contributed by atoms with van der Waals surface area (Å²) in [4.78, 5) is 2.19. The summed E-state index contributed by atoms with van der Waals surface area (Å²) >= 11 is 0. The summed E-state index contributed by atoms with van der Waals surface area (Å²) in [5.74, 6) is -0.169. The Morgan fingerprint density at radius 2 is 1.42 bits per heavy atom. The van der Waals surface area contributed by atoms with Gasteiger partial charge in [0.2, 0.25) is 0 Å². The highest BCUT2D eigenvalue weighted by molar-refractivity contribution is 5.30. The van der Waals surface area contributed by atoms with Crippen LogP contribution >= 0.6 is 0 Å². The Labute approximate surface area is 187 Å². The average molecular weight is 444 g/mol. The molecular formula is C25H40F3NO2. The molecule has 0 aromatic heterocycles. The molecule has 0 spiro atoms. The largest absolute Gasteiger partial charge is 0.573 e. The molecule has 0 N–H and O–H groups in total. The monoisotopic (exact) mass is 443 g/mol. The maximum Gasteiger partial charge on any atom is 0.573 e. The smallest absolute Gasteiger partial charge is 0.406 e. The molecule has 0 aliphatic carbocycles. The van der Waals surface area contributed by atoms with Crippen molar-refractivity contribution in [2.75, 3.05) is 28.3 Å². The molecule has 2 rings (SSSR count). The summed E-state index contributed by atoms with van der Waals surface area (Å²) in [6.07, 6.45) is -2.77. The number of benzene rings is 2. The molecular weight excluding hydrogens is 403 g/mol. The molecule has 0 unspecified atom stereocenters. The Balaban J connectivity index is 0. The van der Waals surface area contributed by atoms with Crippen LogP contribution in [0.4, 0.5) is 13.2 Å². The van der Waals surface area contributed by atoms with Gasteiger partial charge in [-0.05, 0) is 63.2 Å². The third-order valence-corrected chi connectivity index (χ3v) is 3.68. The minimum Gasteiger partial charge on any atom is -0.406 e. The van der Waals surface area contributed by atoms with Gasteiger partial charge >= 0.3 is 6.36 Å². The Kier molecular flexibility index (Phi) is 17.7. The van der Waals surface area contributed by atoms with E-state index in [9.17, 15) is 13.2 Å². The molecule has 0 fully saturated rings. The maximum absolute atomic E-state index is 11.8. The van der Waals surface area contributed by atoms with Crippen molar-refractivity contribution in [3.63, 3.8) is 0 Å². The van der Waals surface area contributed by atoms with E-state index in [2.05, 4.69) is 60.5 Å². The minimum atomic E-state index is -4.60. The lowest BCUT2D eigenvalue weighted by Crippen LogP contribution is -2.16. The normalized spacial score (nSPS) is 10.1. The van der Waals surface area contributed by atoms with E-state index < -0.39 is 6.36 Å². The maximum atomic E-state index is 11.8. The highest BCUT2D eigenvalue weighted by atomic mass is 19.4. The van der Waals surface area contributed by atoms with E-state index in [-0.39, 0.29) is 5.75 Å². The van der Waals surface area contributed by atoms with Gasteiger partial charge in [0.15, 0.2) is 0 Å². The van der Waals surface area contributed by atoms with Gasteiger partial charge in [-0.3, -0.25) is 0 Å². The number of nitrogens with zero attached hydrogens (tertiary/aromatic N) is 1. The van der Waals surface area contributed by atoms with E-state index in [4.69, 9.17) is 0 Å². The second-order valence-corrected chi connectivity index (χ2v) is 7.02. The van der Waals surface area contributed by atoms with E-state index >= 15 is 0 Å². The number of ether oxygens (including phenoxy) is 2. The van der Waals surface area contributed by atoms with Gasteiger partial charge in [0.25, 0.3) is 0 Å². The Hall–Kier alpha value is -2.05. The fourth-order valence-electron chi connectivity index (χ4n) is 2.51. The van der Waals surface area contributed by atoms with Crippen molar-refractivity contribution < 1.29 is 22.6 Å². The highest BCUT2D eigenvalue weighted by Gasteiger charge is 2.30. The molecule has 2 aromatic rings. The summed E-state index contributed by atoms with van der Waals surface area (Å²) in [6, 6.07) is 12.6. The van der Waals surface area contributed by atoms with Gasteiger partial charge in [-0.1, -0.05) is 63.1 Å². The Morgan fingerprint density at radius 3 is 1.81 bits per heavy atom. The molecule has 0 saturated carbocycles. The Bertz CT molecular complexity index is 684. The summed E-state index contributed by atoms with van der Waals surface area (Å²) in [5.41, 5.74) is 5.17. The molecule has 2 aromatic carbocycles. The predicted octanol–water partition coefficient (Wildman–Crippen LogP) is 7.19. The van der Waals surface area contributed by atoms with Crippen molar-refractivity contribution >= 4 is 0 Å². The van der Waals surface area contributed by atoms with Crippen LogP contribution in [0.2, 0.25) is 0 Å². The van der Waals surface area contributed by atoms with Crippen molar-refractivity contribution in [1.82, 2.24) is 4.90 Å². The fraction of sp³-hybridized carbons (Fsp3) is 0.520. The van der Waals surface area contributed by atoms with Gasteiger partial charge in [-0.2, -0.15) is 0 Å². The summed E-state index contributed by atoms with van der Waals surface area (Å²) < 4.78 is 43.3. The molecule has 0 amide bonds. The third-order valence-electron chi connectivity index (χ3n) is 3.68. The zero-order valence-corrected chi connectivity index (χ0v) is 20.6. The number of alkyl halides is 3. The van der Waals surface area contributed by atoms with Gasteiger partial charge in [0.1, 0.15) is 5.75 Å². The van der Waals surface area contributed by atoms with E-state index in [0.29, 0.717) is 0 Å². The topological polar surface area (TPSA) is 21.7 Å². The second-order valence-electron chi connectivity index (χ2n) is 7.02. The van der Waals surface area contributed by atoms with Gasteiger partial charge in [-0.25, -0.2) is 0 Å². The van der Waals surface area contributed by atoms with E-state index in [1.165, 1.54) is 28.8 Å². The molecule has 31 heavy (non-hydrogen) atoms. The van der Waals surface area contributed by atoms with Gasteiger partial charge in [0.05, 0.1) is 0 Å². The molecule has 0 radical (unpaired) electrons. The molecule has 0 bridgehead atoms. The van der Waals surface area contributed by atoms with Crippen molar-refractivity contribution in [2.24, 2.45) is 0 Å². The molecule has 6 heteroatoms. The van der Waals surface area contributed by atoms with Crippen LogP contribution in [-0.4, -0.2) is 39.6 Å². The first kappa shape index (κ1) is 31.1. The minimum absolute atomic E-state index is 0.169. The van der Waals surface area contributed by atoms with Crippen LogP contribution in [-0.2, 0) is 17.7 Å². The molecule has 0 saturated heterocycles. The van der Waals surface area contributed by atoms with Gasteiger partial charge in [-0.15, -0.1) is 13.2 Å².